The normalized spacial score (nSPS) is 16.2. The van der Waals surface area contributed by atoms with Gasteiger partial charge in [0.2, 0.25) is 0 Å². The van der Waals surface area contributed by atoms with Crippen LogP contribution in [0, 0.1) is 0 Å². The summed E-state index contributed by atoms with van der Waals surface area (Å²) in [7, 11) is 1.69. The maximum atomic E-state index is 5.70. The molecule has 2 aromatic heterocycles. The third-order valence-electron chi connectivity index (χ3n) is 6.69. The smallest absolute Gasteiger partial charge is 0.123 e. The Morgan fingerprint density at radius 3 is 2.74 bits per heavy atom. The van der Waals surface area contributed by atoms with Gasteiger partial charge in [0.15, 0.2) is 0 Å². The van der Waals surface area contributed by atoms with E-state index in [2.05, 4.69) is 80.9 Å². The van der Waals surface area contributed by atoms with E-state index in [9.17, 15) is 0 Å². The molecule has 35 heavy (non-hydrogen) atoms. The lowest BCUT2D eigenvalue weighted by atomic mass is 10.00. The van der Waals surface area contributed by atoms with E-state index in [1.807, 2.05) is 4.57 Å². The van der Waals surface area contributed by atoms with Gasteiger partial charge in [0.1, 0.15) is 25.0 Å². The number of hydrogen-bond acceptors (Lipinski definition) is 5. The number of methoxy groups -OCH3 is 1. The van der Waals surface area contributed by atoms with Gasteiger partial charge in [-0.2, -0.15) is 0 Å². The van der Waals surface area contributed by atoms with Gasteiger partial charge in [-0.05, 0) is 73.7 Å². The van der Waals surface area contributed by atoms with Crippen LogP contribution in [0.5, 0.6) is 5.75 Å². The van der Waals surface area contributed by atoms with E-state index >= 15 is 0 Å². The first-order chi connectivity index (χ1) is 17.3. The molecule has 0 spiro atoms. The van der Waals surface area contributed by atoms with Crippen LogP contribution in [-0.2, 0) is 17.6 Å². The first-order valence-corrected chi connectivity index (χ1v) is 12.4. The average molecular weight is 472 g/mol. The van der Waals surface area contributed by atoms with Gasteiger partial charge in [0, 0.05) is 42.5 Å². The van der Waals surface area contributed by atoms with Crippen LogP contribution in [0.15, 0.2) is 73.5 Å². The number of H-pyrrole nitrogens is 1. The molecule has 3 heterocycles. The van der Waals surface area contributed by atoms with Crippen molar-refractivity contribution in [3.63, 3.8) is 0 Å². The van der Waals surface area contributed by atoms with Crippen LogP contribution < -0.4 is 4.74 Å². The summed E-state index contributed by atoms with van der Waals surface area (Å²) in [6, 6.07) is 15.4. The molecule has 182 valence electrons. The fourth-order valence-electron chi connectivity index (χ4n) is 4.80. The fraction of sp³-hybridized carbons (Fsp3) is 0.357. The Bertz CT molecular complexity index is 1230. The molecule has 4 aromatic rings. The highest BCUT2D eigenvalue weighted by atomic mass is 16.5. The summed E-state index contributed by atoms with van der Waals surface area (Å²) in [6.45, 7) is 3.38. The Balaban J connectivity index is 1.18. The summed E-state index contributed by atoms with van der Waals surface area (Å²) in [5.41, 5.74) is 4.96. The maximum absolute atomic E-state index is 5.70. The number of fused-ring (bicyclic) bond motifs is 1. The zero-order valence-corrected chi connectivity index (χ0v) is 20.3. The summed E-state index contributed by atoms with van der Waals surface area (Å²) in [5, 5.41) is 9.14. The van der Waals surface area contributed by atoms with E-state index in [-0.39, 0.29) is 0 Å². The van der Waals surface area contributed by atoms with Crippen LogP contribution in [0.2, 0.25) is 0 Å². The Hall–Kier alpha value is -3.42. The van der Waals surface area contributed by atoms with Crippen molar-refractivity contribution in [3.8, 4) is 11.4 Å². The highest BCUT2D eigenvalue weighted by Crippen LogP contribution is 2.24. The van der Waals surface area contributed by atoms with E-state index in [1.54, 1.807) is 19.8 Å². The Morgan fingerprint density at radius 1 is 1.06 bits per heavy atom. The van der Waals surface area contributed by atoms with Gasteiger partial charge in [-0.25, -0.2) is 0 Å². The van der Waals surface area contributed by atoms with E-state index in [1.165, 1.54) is 22.0 Å². The van der Waals surface area contributed by atoms with E-state index in [4.69, 9.17) is 9.47 Å². The number of aromatic nitrogens is 4. The molecule has 0 radical (unpaired) electrons. The molecular weight excluding hydrogens is 438 g/mol. The molecule has 0 saturated heterocycles. The van der Waals surface area contributed by atoms with Gasteiger partial charge in [0.05, 0.1) is 6.61 Å². The molecule has 1 aliphatic heterocycles. The second-order valence-electron chi connectivity index (χ2n) is 9.03. The molecule has 1 N–H and O–H groups in total. The third-order valence-corrected chi connectivity index (χ3v) is 6.69. The van der Waals surface area contributed by atoms with Gasteiger partial charge < -0.3 is 14.5 Å². The Kier molecular flexibility index (Phi) is 7.56. The lowest BCUT2D eigenvalue weighted by Gasteiger charge is -2.32. The van der Waals surface area contributed by atoms with Crippen LogP contribution in [0.25, 0.3) is 16.6 Å². The maximum Gasteiger partial charge on any atom is 0.123 e. The van der Waals surface area contributed by atoms with Crippen molar-refractivity contribution in [1.29, 1.82) is 0 Å². The summed E-state index contributed by atoms with van der Waals surface area (Å²) >= 11 is 0. The molecule has 1 unspecified atom stereocenters. The number of aromatic amines is 1. The minimum absolute atomic E-state index is 0.437. The van der Waals surface area contributed by atoms with Crippen LogP contribution in [-0.4, -0.2) is 64.1 Å². The molecule has 0 bridgehead atoms. The van der Waals surface area contributed by atoms with Crippen LogP contribution in [0.1, 0.15) is 24.0 Å². The van der Waals surface area contributed by atoms with Crippen LogP contribution in [0.3, 0.4) is 0 Å². The quantitative estimate of drug-likeness (QED) is 0.256. The highest BCUT2D eigenvalue weighted by Gasteiger charge is 2.19. The van der Waals surface area contributed by atoms with Crippen molar-refractivity contribution >= 4 is 10.9 Å². The first kappa shape index (κ1) is 23.3. The van der Waals surface area contributed by atoms with Crippen molar-refractivity contribution in [2.24, 2.45) is 0 Å². The second kappa shape index (κ2) is 11.3. The molecule has 1 aliphatic rings. The lowest BCUT2D eigenvalue weighted by Crippen LogP contribution is -2.39. The van der Waals surface area contributed by atoms with Gasteiger partial charge in [-0.3, -0.25) is 9.47 Å². The number of nitrogens with one attached hydrogen (secondary N) is 1. The predicted molar refractivity (Wildman–Crippen MR) is 138 cm³/mol. The molecule has 0 amide bonds. The summed E-state index contributed by atoms with van der Waals surface area (Å²) < 4.78 is 12.7. The second-order valence-corrected chi connectivity index (χ2v) is 9.03. The van der Waals surface area contributed by atoms with Gasteiger partial charge >= 0.3 is 0 Å². The van der Waals surface area contributed by atoms with Gasteiger partial charge in [-0.1, -0.05) is 24.3 Å². The summed E-state index contributed by atoms with van der Waals surface area (Å²) in [6.07, 6.45) is 14.7. The molecule has 2 aromatic carbocycles. The van der Waals surface area contributed by atoms with Crippen molar-refractivity contribution in [2.75, 3.05) is 33.4 Å². The zero-order valence-electron chi connectivity index (χ0n) is 20.3. The lowest BCUT2D eigenvalue weighted by molar-refractivity contribution is 0.146. The van der Waals surface area contributed by atoms with E-state index in [0.717, 1.165) is 50.2 Å². The first-order valence-electron chi connectivity index (χ1n) is 12.4. The van der Waals surface area contributed by atoms with E-state index in [0.29, 0.717) is 19.3 Å². The average Bonchev–Trinajstić information content (AvgIpc) is 3.57. The molecule has 0 saturated carbocycles. The molecule has 1 atom stereocenters. The highest BCUT2D eigenvalue weighted by molar-refractivity contribution is 5.85. The number of nitrogens with zero attached hydrogens (tertiary/aromatic N) is 4. The van der Waals surface area contributed by atoms with Crippen molar-refractivity contribution < 1.29 is 9.47 Å². The Labute approximate surface area is 206 Å². The van der Waals surface area contributed by atoms with Gasteiger partial charge in [-0.15, -0.1) is 10.2 Å². The minimum atomic E-state index is 0.437. The number of aryl methyl sites for hydroxylation is 1. The topological polar surface area (TPSA) is 68.2 Å². The molecule has 0 fully saturated rings. The fourth-order valence-corrected chi connectivity index (χ4v) is 4.80. The van der Waals surface area contributed by atoms with Crippen molar-refractivity contribution in [3.05, 3.63) is 84.6 Å². The van der Waals surface area contributed by atoms with Gasteiger partial charge in [0.25, 0.3) is 0 Å². The Morgan fingerprint density at radius 2 is 1.91 bits per heavy atom. The predicted octanol–water partition coefficient (Wildman–Crippen LogP) is 4.58. The molecular formula is C28H33N5O2. The van der Waals surface area contributed by atoms with Crippen molar-refractivity contribution in [2.45, 2.75) is 31.7 Å². The van der Waals surface area contributed by atoms with E-state index < -0.39 is 0 Å². The van der Waals surface area contributed by atoms with Crippen molar-refractivity contribution in [1.82, 2.24) is 24.6 Å². The van der Waals surface area contributed by atoms with Crippen LogP contribution >= 0.6 is 0 Å². The minimum Gasteiger partial charge on any atom is -0.491 e. The number of ether oxygens (including phenoxy) is 2. The third kappa shape index (κ3) is 5.81. The standard InChI is InChI=1S/C28H33N5O2/c1-34-15-16-35-26-10-7-22(8-11-26)17-24-6-2-3-13-32(24)14-4-5-23-19-29-28-12-9-25(18-27(23)28)33-20-30-31-21-33/h2,6-12,18-21,24,29H,3-5,13-17H2,1H3. The molecule has 0 aliphatic carbocycles. The summed E-state index contributed by atoms with van der Waals surface area (Å²) in [5.74, 6) is 0.896. The monoisotopic (exact) mass is 471 g/mol. The number of rotatable bonds is 11. The molecule has 7 heteroatoms. The number of benzene rings is 2. The SMILES string of the molecule is COCCOc1ccc(CC2C=CCCN2CCCc2c[nH]c3ccc(-n4cnnc4)cc23)cc1. The van der Waals surface area contributed by atoms with Crippen LogP contribution in [0.4, 0.5) is 0 Å². The molecule has 5 rings (SSSR count). The largest absolute Gasteiger partial charge is 0.491 e. The molecule has 7 nitrogen and oxygen atoms in total. The number of hydrogen-bond donors (Lipinski definition) is 1. The summed E-state index contributed by atoms with van der Waals surface area (Å²) in [4.78, 5) is 6.05. The zero-order chi connectivity index (χ0) is 23.9.